The van der Waals surface area contributed by atoms with Crippen molar-refractivity contribution < 1.29 is 9.52 Å². The summed E-state index contributed by atoms with van der Waals surface area (Å²) in [5.74, 6) is 1.11. The molecule has 0 bridgehead atoms. The summed E-state index contributed by atoms with van der Waals surface area (Å²) in [4.78, 5) is 6.80. The first kappa shape index (κ1) is 20.3. The Morgan fingerprint density at radius 1 is 1.09 bits per heavy atom. The molecular formula is C25H24N4O2S. The van der Waals surface area contributed by atoms with Crippen LogP contribution >= 0.6 is 12.2 Å². The Hall–Kier alpha value is -3.58. The number of hydrogen-bond donors (Lipinski definition) is 2. The Morgan fingerprint density at radius 2 is 1.91 bits per heavy atom. The molecule has 162 valence electrons. The largest absolute Gasteiger partial charge is 0.508 e. The summed E-state index contributed by atoms with van der Waals surface area (Å²) < 4.78 is 7.84. The van der Waals surface area contributed by atoms with E-state index in [0.717, 1.165) is 28.5 Å². The lowest BCUT2D eigenvalue weighted by molar-refractivity contribution is 0.286. The second-order valence-electron chi connectivity index (χ2n) is 8.01. The van der Waals surface area contributed by atoms with Gasteiger partial charge in [0.05, 0.1) is 30.6 Å². The summed E-state index contributed by atoms with van der Waals surface area (Å²) >= 11 is 5.77. The molecule has 4 aromatic rings. The zero-order valence-corrected chi connectivity index (χ0v) is 18.7. The minimum atomic E-state index is -0.0903. The van der Waals surface area contributed by atoms with Crippen molar-refractivity contribution in [2.75, 3.05) is 0 Å². The first-order chi connectivity index (χ1) is 15.5. The van der Waals surface area contributed by atoms with Gasteiger partial charge in [0, 0.05) is 23.3 Å². The van der Waals surface area contributed by atoms with E-state index >= 15 is 0 Å². The third-order valence-electron chi connectivity index (χ3n) is 6.00. The van der Waals surface area contributed by atoms with E-state index in [1.165, 1.54) is 5.56 Å². The summed E-state index contributed by atoms with van der Waals surface area (Å²) in [6, 6.07) is 19.1. The van der Waals surface area contributed by atoms with Gasteiger partial charge < -0.3 is 24.3 Å². The predicted molar refractivity (Wildman–Crippen MR) is 127 cm³/mol. The molecular weight excluding hydrogens is 420 g/mol. The molecule has 0 spiro atoms. The molecule has 1 saturated heterocycles. The van der Waals surface area contributed by atoms with Crippen LogP contribution in [0.15, 0.2) is 77.5 Å². The number of phenolic OH excluding ortho intramolecular Hbond substituents is 1. The van der Waals surface area contributed by atoms with Crippen molar-refractivity contribution in [3.05, 3.63) is 102 Å². The van der Waals surface area contributed by atoms with E-state index in [4.69, 9.17) is 16.6 Å². The summed E-state index contributed by atoms with van der Waals surface area (Å²) in [5, 5.41) is 13.9. The summed E-state index contributed by atoms with van der Waals surface area (Å²) in [5.41, 5.74) is 5.35. The topological polar surface area (TPSA) is 66.5 Å². The van der Waals surface area contributed by atoms with Crippen LogP contribution in [0.5, 0.6) is 5.75 Å². The van der Waals surface area contributed by atoms with Gasteiger partial charge in [0.2, 0.25) is 0 Å². The standard InChI is InChI=1S/C25H24N4O2S/c1-16-14-21(17(2)29(16)18-8-10-19(30)11-9-18)24-23(22-7-3-4-12-26-22)27-25(32)28(24)15-20-6-5-13-31-20/h3-14,23-24,30H,15H2,1-2H3,(H,27,32). The number of pyridine rings is 1. The second kappa shape index (κ2) is 8.16. The fourth-order valence-electron chi connectivity index (χ4n) is 4.57. The fraction of sp³-hybridized carbons (Fsp3) is 0.200. The average Bonchev–Trinajstić information content (AvgIpc) is 3.49. The summed E-state index contributed by atoms with van der Waals surface area (Å²) in [7, 11) is 0. The van der Waals surface area contributed by atoms with Crippen LogP contribution in [0.25, 0.3) is 5.69 Å². The maximum Gasteiger partial charge on any atom is 0.170 e. The predicted octanol–water partition coefficient (Wildman–Crippen LogP) is 4.96. The zero-order chi connectivity index (χ0) is 22.2. The van der Waals surface area contributed by atoms with Gasteiger partial charge in [-0.05, 0) is 86.2 Å². The number of thiocarbonyl (C=S) groups is 1. The Morgan fingerprint density at radius 3 is 2.59 bits per heavy atom. The third-order valence-corrected chi connectivity index (χ3v) is 6.35. The smallest absolute Gasteiger partial charge is 0.170 e. The van der Waals surface area contributed by atoms with Crippen LogP contribution in [0, 0.1) is 13.8 Å². The van der Waals surface area contributed by atoms with Crippen LogP contribution in [0.2, 0.25) is 0 Å². The van der Waals surface area contributed by atoms with Crippen LogP contribution in [0.3, 0.4) is 0 Å². The molecule has 1 aliphatic heterocycles. The van der Waals surface area contributed by atoms with Gasteiger partial charge >= 0.3 is 0 Å². The number of nitrogens with one attached hydrogen (secondary N) is 1. The van der Waals surface area contributed by atoms with Crippen LogP contribution in [-0.2, 0) is 6.54 Å². The van der Waals surface area contributed by atoms with Gasteiger partial charge in [-0.15, -0.1) is 0 Å². The molecule has 32 heavy (non-hydrogen) atoms. The number of hydrogen-bond acceptors (Lipinski definition) is 4. The first-order valence-corrected chi connectivity index (χ1v) is 10.9. The number of aryl methyl sites for hydroxylation is 1. The highest BCUT2D eigenvalue weighted by Gasteiger charge is 2.41. The Labute approximate surface area is 192 Å². The van der Waals surface area contributed by atoms with E-state index in [0.29, 0.717) is 11.7 Å². The quantitative estimate of drug-likeness (QED) is 0.424. The highest BCUT2D eigenvalue weighted by atomic mass is 32.1. The van der Waals surface area contributed by atoms with Crippen molar-refractivity contribution >= 4 is 17.3 Å². The van der Waals surface area contributed by atoms with Crippen molar-refractivity contribution in [1.82, 2.24) is 19.8 Å². The monoisotopic (exact) mass is 444 g/mol. The summed E-state index contributed by atoms with van der Waals surface area (Å²) in [6.07, 6.45) is 3.50. The second-order valence-corrected chi connectivity index (χ2v) is 8.40. The molecule has 0 saturated carbocycles. The van der Waals surface area contributed by atoms with Gasteiger partial charge in [-0.2, -0.15) is 0 Å². The number of benzene rings is 1. The SMILES string of the molecule is Cc1cc(C2C(c3ccccn3)NC(=S)N2Cc2ccco2)c(C)n1-c1ccc(O)cc1. The molecule has 1 aromatic carbocycles. The lowest BCUT2D eigenvalue weighted by atomic mass is 9.96. The van der Waals surface area contributed by atoms with E-state index in [1.54, 1.807) is 18.4 Å². The highest BCUT2D eigenvalue weighted by Crippen LogP contribution is 2.42. The molecule has 1 aliphatic rings. The number of aromatic hydroxyl groups is 1. The fourth-order valence-corrected chi connectivity index (χ4v) is 4.88. The van der Waals surface area contributed by atoms with Crippen molar-refractivity contribution in [3.63, 3.8) is 0 Å². The molecule has 3 aromatic heterocycles. The van der Waals surface area contributed by atoms with E-state index in [9.17, 15) is 5.11 Å². The normalized spacial score (nSPS) is 18.2. The number of phenols is 1. The van der Waals surface area contributed by atoms with Crippen molar-refractivity contribution in [2.45, 2.75) is 32.5 Å². The molecule has 2 unspecified atom stereocenters. The maximum atomic E-state index is 9.71. The molecule has 2 atom stereocenters. The lowest BCUT2D eigenvalue weighted by Gasteiger charge is -2.27. The first-order valence-electron chi connectivity index (χ1n) is 10.5. The van der Waals surface area contributed by atoms with Crippen LogP contribution in [0.4, 0.5) is 0 Å². The molecule has 0 radical (unpaired) electrons. The molecule has 2 N–H and O–H groups in total. The molecule has 5 rings (SSSR count). The highest BCUT2D eigenvalue weighted by molar-refractivity contribution is 7.80. The van der Waals surface area contributed by atoms with E-state index in [2.05, 4.69) is 39.7 Å². The molecule has 7 heteroatoms. The van der Waals surface area contributed by atoms with E-state index < -0.39 is 0 Å². The number of rotatable bonds is 5. The van der Waals surface area contributed by atoms with E-state index in [-0.39, 0.29) is 17.8 Å². The number of furan rings is 1. The van der Waals surface area contributed by atoms with Crippen LogP contribution < -0.4 is 5.32 Å². The zero-order valence-electron chi connectivity index (χ0n) is 17.9. The maximum absolute atomic E-state index is 9.71. The minimum Gasteiger partial charge on any atom is -0.508 e. The van der Waals surface area contributed by atoms with Crippen molar-refractivity contribution in [1.29, 1.82) is 0 Å². The van der Waals surface area contributed by atoms with Gasteiger partial charge in [0.1, 0.15) is 11.5 Å². The Kier molecular flexibility index (Phi) is 5.19. The minimum absolute atomic E-state index is 0.0560. The third kappa shape index (κ3) is 3.54. The van der Waals surface area contributed by atoms with Crippen molar-refractivity contribution in [2.24, 2.45) is 0 Å². The van der Waals surface area contributed by atoms with Gasteiger partial charge in [0.25, 0.3) is 0 Å². The number of nitrogens with zero attached hydrogens (tertiary/aromatic N) is 3. The van der Waals surface area contributed by atoms with Crippen molar-refractivity contribution in [3.8, 4) is 11.4 Å². The molecule has 0 amide bonds. The summed E-state index contributed by atoms with van der Waals surface area (Å²) in [6.45, 7) is 4.78. The Bertz CT molecular complexity index is 1230. The van der Waals surface area contributed by atoms with Gasteiger partial charge in [0.15, 0.2) is 5.11 Å². The molecule has 1 fully saturated rings. The molecule has 4 heterocycles. The molecule has 6 nitrogen and oxygen atoms in total. The molecule has 0 aliphatic carbocycles. The van der Waals surface area contributed by atoms with Crippen LogP contribution in [-0.4, -0.2) is 24.7 Å². The number of aromatic nitrogens is 2. The van der Waals surface area contributed by atoms with Crippen LogP contribution in [0.1, 0.15) is 40.5 Å². The lowest BCUT2D eigenvalue weighted by Crippen LogP contribution is -2.29. The Balaban J connectivity index is 1.62. The van der Waals surface area contributed by atoms with Gasteiger partial charge in [-0.25, -0.2) is 0 Å². The average molecular weight is 445 g/mol. The van der Waals surface area contributed by atoms with E-state index in [1.807, 2.05) is 48.7 Å². The van der Waals surface area contributed by atoms with Gasteiger partial charge in [-0.1, -0.05) is 6.07 Å². The van der Waals surface area contributed by atoms with Gasteiger partial charge in [-0.3, -0.25) is 4.98 Å².